The van der Waals surface area contributed by atoms with Crippen LogP contribution in [-0.4, -0.2) is 16.1 Å². The number of benzene rings is 1. The fourth-order valence-corrected chi connectivity index (χ4v) is 2.87. The van der Waals surface area contributed by atoms with E-state index >= 15 is 0 Å². The topological polar surface area (TPSA) is 36.4 Å². The van der Waals surface area contributed by atoms with Crippen LogP contribution in [0.1, 0.15) is 37.6 Å². The standard InChI is InChI=1S/C17H20N2O/c1-12-7-8-14-5-3-4-6-17(14)19(12)15-9-10-16(13(2)20)18-11-15/h3-6,9-13,20H,7-8H2,1-2H3/t12?,13-/m1/s1. The molecule has 0 spiro atoms. The molecule has 0 saturated carbocycles. The number of anilines is 2. The first-order chi connectivity index (χ1) is 9.66. The van der Waals surface area contributed by atoms with E-state index in [9.17, 15) is 5.11 Å². The number of aryl methyl sites for hydroxylation is 1. The van der Waals surface area contributed by atoms with Crippen molar-refractivity contribution in [2.24, 2.45) is 0 Å². The van der Waals surface area contributed by atoms with E-state index in [1.54, 1.807) is 6.92 Å². The maximum atomic E-state index is 9.56. The third-order valence-corrected chi connectivity index (χ3v) is 4.00. The zero-order valence-electron chi connectivity index (χ0n) is 12.0. The number of aliphatic hydroxyl groups is 1. The summed E-state index contributed by atoms with van der Waals surface area (Å²) in [5, 5.41) is 9.56. The fourth-order valence-electron chi connectivity index (χ4n) is 2.87. The van der Waals surface area contributed by atoms with Crippen molar-refractivity contribution in [3.63, 3.8) is 0 Å². The van der Waals surface area contributed by atoms with Gasteiger partial charge in [0.25, 0.3) is 0 Å². The minimum Gasteiger partial charge on any atom is -0.387 e. The molecule has 1 aliphatic heterocycles. The Labute approximate surface area is 119 Å². The van der Waals surface area contributed by atoms with Crippen molar-refractivity contribution in [2.45, 2.75) is 38.8 Å². The maximum Gasteiger partial charge on any atom is 0.0931 e. The van der Waals surface area contributed by atoms with Crippen LogP contribution in [0, 0.1) is 0 Å². The van der Waals surface area contributed by atoms with Crippen LogP contribution in [0.15, 0.2) is 42.6 Å². The fraction of sp³-hybridized carbons (Fsp3) is 0.353. The van der Waals surface area contributed by atoms with Crippen molar-refractivity contribution < 1.29 is 5.11 Å². The molecule has 1 aliphatic rings. The zero-order valence-corrected chi connectivity index (χ0v) is 12.0. The number of hydrogen-bond donors (Lipinski definition) is 1. The van der Waals surface area contributed by atoms with Crippen LogP contribution < -0.4 is 4.90 Å². The first-order valence-corrected chi connectivity index (χ1v) is 7.18. The van der Waals surface area contributed by atoms with Crippen LogP contribution in [0.4, 0.5) is 11.4 Å². The van der Waals surface area contributed by atoms with Gasteiger partial charge in [0.05, 0.1) is 23.7 Å². The van der Waals surface area contributed by atoms with E-state index in [1.807, 2.05) is 18.3 Å². The molecule has 2 atom stereocenters. The molecule has 1 N–H and O–H groups in total. The highest BCUT2D eigenvalue weighted by molar-refractivity contribution is 5.68. The predicted molar refractivity (Wildman–Crippen MR) is 81.2 cm³/mol. The van der Waals surface area contributed by atoms with E-state index < -0.39 is 6.10 Å². The van der Waals surface area contributed by atoms with E-state index in [-0.39, 0.29) is 0 Å². The number of nitrogens with zero attached hydrogens (tertiary/aromatic N) is 2. The molecule has 1 aromatic heterocycles. The van der Waals surface area contributed by atoms with E-state index in [0.717, 1.165) is 18.5 Å². The van der Waals surface area contributed by atoms with Crippen molar-refractivity contribution in [1.82, 2.24) is 4.98 Å². The molecule has 1 aromatic carbocycles. The Bertz CT molecular complexity index is 592. The van der Waals surface area contributed by atoms with Gasteiger partial charge in [0.15, 0.2) is 0 Å². The lowest BCUT2D eigenvalue weighted by Gasteiger charge is -2.37. The van der Waals surface area contributed by atoms with Crippen LogP contribution >= 0.6 is 0 Å². The lowest BCUT2D eigenvalue weighted by Crippen LogP contribution is -2.33. The van der Waals surface area contributed by atoms with Gasteiger partial charge in [0, 0.05) is 11.7 Å². The molecule has 3 nitrogen and oxygen atoms in total. The normalized spacial score (nSPS) is 19.6. The highest BCUT2D eigenvalue weighted by Crippen LogP contribution is 2.36. The smallest absolute Gasteiger partial charge is 0.0931 e. The Hall–Kier alpha value is -1.87. The largest absolute Gasteiger partial charge is 0.387 e. The Morgan fingerprint density at radius 2 is 2.05 bits per heavy atom. The molecule has 0 bridgehead atoms. The molecular weight excluding hydrogens is 248 g/mol. The number of fused-ring (bicyclic) bond motifs is 1. The molecule has 104 valence electrons. The SMILES string of the molecule is CC1CCc2ccccc2N1c1ccc([C@@H](C)O)nc1. The summed E-state index contributed by atoms with van der Waals surface area (Å²) in [6.07, 6.45) is 3.62. The zero-order chi connectivity index (χ0) is 14.1. The summed E-state index contributed by atoms with van der Waals surface area (Å²) in [6, 6.07) is 13.0. The van der Waals surface area contributed by atoms with Gasteiger partial charge in [-0.15, -0.1) is 0 Å². The monoisotopic (exact) mass is 268 g/mol. The predicted octanol–water partition coefficient (Wildman–Crippen LogP) is 3.61. The minimum atomic E-state index is -0.518. The number of aromatic nitrogens is 1. The third-order valence-electron chi connectivity index (χ3n) is 4.00. The van der Waals surface area contributed by atoms with Gasteiger partial charge in [-0.25, -0.2) is 0 Å². The van der Waals surface area contributed by atoms with Gasteiger partial charge >= 0.3 is 0 Å². The average Bonchev–Trinajstić information content (AvgIpc) is 2.47. The van der Waals surface area contributed by atoms with Crippen molar-refractivity contribution in [3.05, 3.63) is 53.9 Å². The Morgan fingerprint density at radius 3 is 2.75 bits per heavy atom. The molecule has 0 radical (unpaired) electrons. The number of para-hydroxylation sites is 1. The van der Waals surface area contributed by atoms with Crippen LogP contribution in [0.2, 0.25) is 0 Å². The molecule has 0 aliphatic carbocycles. The molecule has 1 unspecified atom stereocenters. The van der Waals surface area contributed by atoms with E-state index in [1.165, 1.54) is 11.3 Å². The van der Waals surface area contributed by atoms with Gasteiger partial charge in [-0.3, -0.25) is 4.98 Å². The third kappa shape index (κ3) is 2.29. The second-order valence-corrected chi connectivity index (χ2v) is 5.50. The summed E-state index contributed by atoms with van der Waals surface area (Å²) in [4.78, 5) is 6.71. The van der Waals surface area contributed by atoms with E-state index in [0.29, 0.717) is 11.7 Å². The second-order valence-electron chi connectivity index (χ2n) is 5.50. The van der Waals surface area contributed by atoms with Gasteiger partial charge in [0.1, 0.15) is 0 Å². The molecule has 2 aromatic rings. The highest BCUT2D eigenvalue weighted by Gasteiger charge is 2.24. The van der Waals surface area contributed by atoms with Gasteiger partial charge < -0.3 is 10.0 Å². The highest BCUT2D eigenvalue weighted by atomic mass is 16.3. The molecule has 0 saturated heterocycles. The van der Waals surface area contributed by atoms with Crippen LogP contribution in [0.5, 0.6) is 0 Å². The summed E-state index contributed by atoms with van der Waals surface area (Å²) < 4.78 is 0. The molecule has 3 heteroatoms. The quantitative estimate of drug-likeness (QED) is 0.904. The summed E-state index contributed by atoms with van der Waals surface area (Å²) in [6.45, 7) is 3.99. The van der Waals surface area contributed by atoms with Gasteiger partial charge in [-0.2, -0.15) is 0 Å². The summed E-state index contributed by atoms with van der Waals surface area (Å²) >= 11 is 0. The summed E-state index contributed by atoms with van der Waals surface area (Å²) in [5.74, 6) is 0. The van der Waals surface area contributed by atoms with Crippen LogP contribution in [-0.2, 0) is 6.42 Å². The molecule has 3 rings (SSSR count). The summed E-state index contributed by atoms with van der Waals surface area (Å²) in [5.41, 5.74) is 4.48. The Balaban J connectivity index is 2.00. The van der Waals surface area contributed by atoms with Gasteiger partial charge in [-0.05, 0) is 50.5 Å². The second kappa shape index (κ2) is 5.25. The molecule has 20 heavy (non-hydrogen) atoms. The molecule has 0 amide bonds. The van der Waals surface area contributed by atoms with E-state index in [2.05, 4.69) is 41.1 Å². The van der Waals surface area contributed by atoms with Gasteiger partial charge in [-0.1, -0.05) is 18.2 Å². The number of hydrogen-bond acceptors (Lipinski definition) is 3. The van der Waals surface area contributed by atoms with Crippen molar-refractivity contribution in [3.8, 4) is 0 Å². The lowest BCUT2D eigenvalue weighted by atomic mass is 9.96. The van der Waals surface area contributed by atoms with Gasteiger partial charge in [0.2, 0.25) is 0 Å². The number of pyridine rings is 1. The van der Waals surface area contributed by atoms with E-state index in [4.69, 9.17) is 0 Å². The number of aliphatic hydroxyl groups excluding tert-OH is 1. The molecule has 0 fully saturated rings. The Morgan fingerprint density at radius 1 is 1.25 bits per heavy atom. The first kappa shape index (κ1) is 13.1. The van der Waals surface area contributed by atoms with Crippen LogP contribution in [0.3, 0.4) is 0 Å². The lowest BCUT2D eigenvalue weighted by molar-refractivity contribution is 0.194. The van der Waals surface area contributed by atoms with Crippen LogP contribution in [0.25, 0.3) is 0 Å². The Kier molecular flexibility index (Phi) is 3.45. The average molecular weight is 268 g/mol. The van der Waals surface area contributed by atoms with Crippen molar-refractivity contribution >= 4 is 11.4 Å². The molecule has 2 heterocycles. The first-order valence-electron chi connectivity index (χ1n) is 7.18. The number of rotatable bonds is 2. The molecular formula is C17H20N2O. The summed E-state index contributed by atoms with van der Waals surface area (Å²) in [7, 11) is 0. The van der Waals surface area contributed by atoms with Crippen molar-refractivity contribution in [2.75, 3.05) is 4.90 Å². The van der Waals surface area contributed by atoms with Crippen molar-refractivity contribution in [1.29, 1.82) is 0 Å². The maximum absolute atomic E-state index is 9.56. The minimum absolute atomic E-state index is 0.462.